The van der Waals surface area contributed by atoms with E-state index < -0.39 is 4.84 Å². The molecule has 32 heavy (non-hydrogen) atoms. The number of hydrogen-bond acceptors (Lipinski definition) is 2. The molecule has 172 valence electrons. The monoisotopic (exact) mass is 476 g/mol. The fraction of sp³-hybridized carbons (Fsp3) is 0.423. The molecule has 0 bridgehead atoms. The minimum Gasteiger partial charge on any atom is -0.307 e. The van der Waals surface area contributed by atoms with Crippen LogP contribution in [0.2, 0.25) is 0 Å². The van der Waals surface area contributed by atoms with Gasteiger partial charge < -0.3 is 9.80 Å². The van der Waals surface area contributed by atoms with E-state index in [4.69, 9.17) is 23.2 Å². The van der Waals surface area contributed by atoms with Crippen LogP contribution >= 0.6 is 23.2 Å². The normalized spacial score (nSPS) is 15.4. The molecule has 1 heterocycles. The summed E-state index contributed by atoms with van der Waals surface area (Å²) in [5, 5.41) is 0. The maximum atomic E-state index is 14.1. The summed E-state index contributed by atoms with van der Waals surface area (Å²) in [5.74, 6) is -0.299. The lowest BCUT2D eigenvalue weighted by atomic mass is 9.97. The van der Waals surface area contributed by atoms with Gasteiger partial charge in [-0.05, 0) is 73.8 Å². The molecule has 3 rings (SSSR count). The molecule has 0 spiro atoms. The first-order valence-electron chi connectivity index (χ1n) is 11.3. The van der Waals surface area contributed by atoms with Crippen molar-refractivity contribution in [2.75, 3.05) is 31.1 Å². The number of carbonyl (C=O) groups excluding carboxylic acids is 1. The van der Waals surface area contributed by atoms with Crippen LogP contribution in [0.25, 0.3) is 0 Å². The van der Waals surface area contributed by atoms with Gasteiger partial charge in [0, 0.05) is 30.3 Å². The molecule has 0 saturated heterocycles. The summed E-state index contributed by atoms with van der Waals surface area (Å²) in [6.45, 7) is 9.49. The first-order chi connectivity index (χ1) is 15.4. The van der Waals surface area contributed by atoms with E-state index in [1.807, 2.05) is 6.08 Å². The van der Waals surface area contributed by atoms with Crippen molar-refractivity contribution < 1.29 is 9.18 Å². The third-order valence-electron chi connectivity index (χ3n) is 6.03. The van der Waals surface area contributed by atoms with Gasteiger partial charge in [-0.1, -0.05) is 31.6 Å². The highest BCUT2D eigenvalue weighted by atomic mass is 35.5. The third kappa shape index (κ3) is 6.12. The Labute approximate surface area is 200 Å². The number of halogens is 3. The van der Waals surface area contributed by atoms with Gasteiger partial charge in [-0.2, -0.15) is 0 Å². The van der Waals surface area contributed by atoms with E-state index in [1.54, 1.807) is 41.3 Å². The smallest absolute Gasteiger partial charge is 0.258 e. The van der Waals surface area contributed by atoms with Crippen LogP contribution in [0.4, 0.5) is 10.1 Å². The van der Waals surface area contributed by atoms with Crippen molar-refractivity contribution in [3.63, 3.8) is 0 Å². The van der Waals surface area contributed by atoms with E-state index in [1.165, 1.54) is 6.07 Å². The molecule has 0 fully saturated rings. The standard InChI is InChI=1S/C26H31Cl2FN2O/c1-3-5-13-30(14-6-4-2)15-12-21-18-31(24-11-10-22(29)17-23(21)24)26(32)20-9-7-8-19(16-20)25(27)28/h3,7-11,16-17,21,25H,1,4-6,12-15,18H2,2H3. The van der Waals surface area contributed by atoms with Crippen molar-refractivity contribution in [3.05, 3.63) is 77.6 Å². The highest BCUT2D eigenvalue weighted by Gasteiger charge is 2.33. The lowest BCUT2D eigenvalue weighted by Crippen LogP contribution is -2.31. The first kappa shape index (κ1) is 24.8. The number of nitrogens with zero attached hydrogens (tertiary/aromatic N) is 2. The van der Waals surface area contributed by atoms with Gasteiger partial charge in [0.2, 0.25) is 0 Å². The second-order valence-electron chi connectivity index (χ2n) is 8.30. The minimum absolute atomic E-state index is 0.0921. The molecular formula is C26H31Cl2FN2O. The number of rotatable bonds is 11. The van der Waals surface area contributed by atoms with Crippen LogP contribution in [0, 0.1) is 5.82 Å². The van der Waals surface area contributed by atoms with Gasteiger partial charge in [0.05, 0.1) is 0 Å². The molecule has 0 saturated carbocycles. The fourth-order valence-corrected chi connectivity index (χ4v) is 4.52. The van der Waals surface area contributed by atoms with Gasteiger partial charge in [0.15, 0.2) is 0 Å². The van der Waals surface area contributed by atoms with Crippen LogP contribution in [0.1, 0.15) is 64.8 Å². The number of benzene rings is 2. The highest BCUT2D eigenvalue weighted by Crippen LogP contribution is 2.39. The Morgan fingerprint density at radius 3 is 2.78 bits per heavy atom. The van der Waals surface area contributed by atoms with Crippen LogP contribution in [0.15, 0.2) is 55.1 Å². The molecule has 0 N–H and O–H groups in total. The second kappa shape index (κ2) is 11.8. The van der Waals surface area contributed by atoms with Gasteiger partial charge in [-0.15, -0.1) is 29.8 Å². The first-order valence-corrected chi connectivity index (χ1v) is 12.1. The molecular weight excluding hydrogens is 446 g/mol. The summed E-state index contributed by atoms with van der Waals surface area (Å²) in [5.41, 5.74) is 2.90. The molecule has 1 aliphatic rings. The Bertz CT molecular complexity index is 934. The lowest BCUT2D eigenvalue weighted by Gasteiger charge is -2.23. The number of hydrogen-bond donors (Lipinski definition) is 0. The molecule has 0 aromatic heterocycles. The summed E-state index contributed by atoms with van der Waals surface area (Å²) in [6, 6.07) is 11.8. The Morgan fingerprint density at radius 1 is 1.25 bits per heavy atom. The Kier molecular flexibility index (Phi) is 9.15. The van der Waals surface area contributed by atoms with Gasteiger partial charge in [-0.3, -0.25) is 4.79 Å². The van der Waals surface area contributed by atoms with Gasteiger partial charge in [0.25, 0.3) is 5.91 Å². The van der Waals surface area contributed by atoms with Crippen molar-refractivity contribution in [2.24, 2.45) is 0 Å². The molecule has 2 aromatic carbocycles. The van der Waals surface area contributed by atoms with Gasteiger partial charge in [0.1, 0.15) is 10.7 Å². The molecule has 1 unspecified atom stereocenters. The Hall–Kier alpha value is -1.88. The van der Waals surface area contributed by atoms with E-state index in [0.29, 0.717) is 17.7 Å². The zero-order valence-electron chi connectivity index (χ0n) is 18.6. The zero-order valence-corrected chi connectivity index (χ0v) is 20.1. The number of amides is 1. The van der Waals surface area contributed by atoms with Crippen molar-refractivity contribution >= 4 is 34.8 Å². The van der Waals surface area contributed by atoms with E-state index in [9.17, 15) is 9.18 Å². The molecule has 2 aromatic rings. The van der Waals surface area contributed by atoms with Crippen LogP contribution < -0.4 is 4.90 Å². The predicted octanol–water partition coefficient (Wildman–Crippen LogP) is 7.11. The molecule has 1 aliphatic heterocycles. The maximum Gasteiger partial charge on any atom is 0.258 e. The van der Waals surface area contributed by atoms with Gasteiger partial charge >= 0.3 is 0 Å². The molecule has 3 nitrogen and oxygen atoms in total. The van der Waals surface area contributed by atoms with E-state index >= 15 is 0 Å². The topological polar surface area (TPSA) is 23.6 Å². The second-order valence-corrected chi connectivity index (χ2v) is 9.40. The number of carbonyl (C=O) groups is 1. The summed E-state index contributed by atoms with van der Waals surface area (Å²) < 4.78 is 14.1. The quantitative estimate of drug-likeness (QED) is 0.254. The number of anilines is 1. The minimum atomic E-state index is -0.694. The number of fused-ring (bicyclic) bond motifs is 1. The summed E-state index contributed by atoms with van der Waals surface area (Å²) in [6.07, 6.45) is 6.06. The lowest BCUT2D eigenvalue weighted by molar-refractivity contribution is 0.0987. The maximum absolute atomic E-state index is 14.1. The highest BCUT2D eigenvalue weighted by molar-refractivity contribution is 6.44. The zero-order chi connectivity index (χ0) is 23.1. The average molecular weight is 477 g/mol. The fourth-order valence-electron chi connectivity index (χ4n) is 4.25. The van der Waals surface area contributed by atoms with Crippen LogP contribution in [-0.2, 0) is 0 Å². The Balaban J connectivity index is 1.79. The molecule has 0 aliphatic carbocycles. The van der Waals surface area contributed by atoms with Crippen molar-refractivity contribution in [3.8, 4) is 0 Å². The summed E-state index contributed by atoms with van der Waals surface area (Å²) in [7, 11) is 0. The largest absolute Gasteiger partial charge is 0.307 e. The van der Waals surface area contributed by atoms with Crippen molar-refractivity contribution in [1.82, 2.24) is 4.90 Å². The van der Waals surface area contributed by atoms with E-state index in [0.717, 1.165) is 56.6 Å². The van der Waals surface area contributed by atoms with E-state index in [-0.39, 0.29) is 17.6 Å². The Morgan fingerprint density at radius 2 is 2.06 bits per heavy atom. The average Bonchev–Trinajstić information content (AvgIpc) is 3.15. The van der Waals surface area contributed by atoms with Crippen molar-refractivity contribution in [1.29, 1.82) is 0 Å². The number of alkyl halides is 2. The number of unbranched alkanes of at least 4 members (excludes halogenated alkanes) is 1. The SMILES string of the molecule is C=CCCN(CCCC)CCC1CN(C(=O)c2cccc(C(Cl)Cl)c2)c2ccc(F)cc21. The van der Waals surface area contributed by atoms with Gasteiger partial charge in [-0.25, -0.2) is 4.39 Å². The van der Waals surface area contributed by atoms with Crippen molar-refractivity contribution in [2.45, 2.75) is 43.4 Å². The van der Waals surface area contributed by atoms with Crippen LogP contribution in [0.3, 0.4) is 0 Å². The summed E-state index contributed by atoms with van der Waals surface area (Å²) >= 11 is 12.0. The van der Waals surface area contributed by atoms with Crippen LogP contribution in [0.5, 0.6) is 0 Å². The molecule has 1 atom stereocenters. The molecule has 0 radical (unpaired) electrons. The summed E-state index contributed by atoms with van der Waals surface area (Å²) in [4.78, 5) is 16.9. The third-order valence-corrected chi connectivity index (χ3v) is 6.53. The molecule has 1 amide bonds. The van der Waals surface area contributed by atoms with Crippen LogP contribution in [-0.4, -0.2) is 37.0 Å². The van der Waals surface area contributed by atoms with E-state index in [2.05, 4.69) is 18.4 Å². The molecule has 6 heteroatoms. The predicted molar refractivity (Wildman–Crippen MR) is 132 cm³/mol.